The molecule has 1 amide bonds. The summed E-state index contributed by atoms with van der Waals surface area (Å²) in [6.45, 7) is 0.0435. The first-order chi connectivity index (χ1) is 10.4. The Kier molecular flexibility index (Phi) is 4.99. The third kappa shape index (κ3) is 4.77. The summed E-state index contributed by atoms with van der Waals surface area (Å²) in [7, 11) is 0. The second kappa shape index (κ2) is 6.93. The molecule has 2 aromatic carbocycles. The van der Waals surface area contributed by atoms with Gasteiger partial charge in [-0.05, 0) is 29.3 Å². The zero-order valence-electron chi connectivity index (χ0n) is 11.6. The van der Waals surface area contributed by atoms with Gasteiger partial charge in [-0.1, -0.05) is 42.5 Å². The maximum absolute atomic E-state index is 12.6. The van der Waals surface area contributed by atoms with E-state index in [1.807, 2.05) is 30.3 Å². The van der Waals surface area contributed by atoms with Crippen LogP contribution < -0.4 is 5.32 Å². The second-order valence-electron chi connectivity index (χ2n) is 4.66. The zero-order valence-corrected chi connectivity index (χ0v) is 11.6. The van der Waals surface area contributed by atoms with Crippen LogP contribution in [0, 0.1) is 0 Å². The average Bonchev–Trinajstić information content (AvgIpc) is 2.51. The number of nitrogens with one attached hydrogen (secondary N) is 1. The van der Waals surface area contributed by atoms with E-state index >= 15 is 0 Å². The van der Waals surface area contributed by atoms with E-state index in [2.05, 4.69) is 5.32 Å². The number of hydrogen-bond donors (Lipinski definition) is 1. The van der Waals surface area contributed by atoms with Crippen molar-refractivity contribution in [2.24, 2.45) is 0 Å². The lowest BCUT2D eigenvalue weighted by molar-refractivity contribution is -0.137. The van der Waals surface area contributed by atoms with Crippen LogP contribution in [-0.4, -0.2) is 5.91 Å². The lowest BCUT2D eigenvalue weighted by Crippen LogP contribution is -2.20. The molecule has 2 aromatic rings. The van der Waals surface area contributed by atoms with Crippen molar-refractivity contribution in [1.29, 1.82) is 0 Å². The quantitative estimate of drug-likeness (QED) is 0.849. The Morgan fingerprint density at radius 2 is 1.77 bits per heavy atom. The van der Waals surface area contributed by atoms with Crippen LogP contribution in [0.5, 0.6) is 0 Å². The normalized spacial score (nSPS) is 11.6. The zero-order chi connectivity index (χ0) is 16.0. The minimum atomic E-state index is -4.38. The van der Waals surface area contributed by atoms with Gasteiger partial charge in [0.15, 0.2) is 0 Å². The minimum Gasteiger partial charge on any atom is -0.348 e. The molecule has 0 aliphatic carbocycles. The Morgan fingerprint density at radius 3 is 2.45 bits per heavy atom. The van der Waals surface area contributed by atoms with Gasteiger partial charge in [-0.3, -0.25) is 4.79 Å². The maximum atomic E-state index is 12.6. The molecule has 22 heavy (non-hydrogen) atoms. The number of alkyl halides is 3. The van der Waals surface area contributed by atoms with Gasteiger partial charge in [0.25, 0.3) is 0 Å². The molecule has 0 unspecified atom stereocenters. The Hall–Kier alpha value is -2.56. The fourth-order valence-corrected chi connectivity index (χ4v) is 1.84. The first-order valence-corrected chi connectivity index (χ1v) is 6.62. The summed E-state index contributed by atoms with van der Waals surface area (Å²) < 4.78 is 37.7. The summed E-state index contributed by atoms with van der Waals surface area (Å²) in [5.41, 5.74) is 0.548. The number of carbonyl (C=O) groups is 1. The number of carbonyl (C=O) groups excluding carboxylic acids is 1. The van der Waals surface area contributed by atoms with Gasteiger partial charge in [0.05, 0.1) is 5.56 Å². The summed E-state index contributed by atoms with van der Waals surface area (Å²) in [6, 6.07) is 14.1. The van der Waals surface area contributed by atoms with E-state index in [4.69, 9.17) is 0 Å². The number of benzene rings is 2. The molecule has 0 aliphatic rings. The Labute approximate surface area is 126 Å². The Morgan fingerprint density at radius 1 is 1.05 bits per heavy atom. The molecule has 0 atom stereocenters. The molecule has 1 N–H and O–H groups in total. The van der Waals surface area contributed by atoms with Crippen LogP contribution in [0.25, 0.3) is 6.08 Å². The third-order valence-corrected chi connectivity index (χ3v) is 2.95. The van der Waals surface area contributed by atoms with Gasteiger partial charge in [-0.15, -0.1) is 0 Å². The predicted octanol–water partition coefficient (Wildman–Crippen LogP) is 4.04. The van der Waals surface area contributed by atoms with Gasteiger partial charge < -0.3 is 5.32 Å². The number of amides is 1. The second-order valence-corrected chi connectivity index (χ2v) is 4.66. The van der Waals surface area contributed by atoms with Gasteiger partial charge in [0.2, 0.25) is 5.91 Å². The van der Waals surface area contributed by atoms with Crippen molar-refractivity contribution < 1.29 is 18.0 Å². The highest BCUT2D eigenvalue weighted by Crippen LogP contribution is 2.29. The maximum Gasteiger partial charge on any atom is 0.416 e. The van der Waals surface area contributed by atoms with Crippen molar-refractivity contribution in [3.05, 3.63) is 77.4 Å². The standard InChI is InChI=1S/C17H14F3NO/c18-17(19,20)15-8-4-7-14(11-15)12-21-16(22)10-9-13-5-2-1-3-6-13/h1-11H,12H2,(H,21,22). The smallest absolute Gasteiger partial charge is 0.348 e. The van der Waals surface area contributed by atoms with E-state index in [0.717, 1.165) is 17.7 Å². The molecule has 0 bridgehead atoms. The van der Waals surface area contributed by atoms with E-state index in [-0.39, 0.29) is 12.5 Å². The molecule has 2 nitrogen and oxygen atoms in total. The van der Waals surface area contributed by atoms with Crippen molar-refractivity contribution in [2.45, 2.75) is 12.7 Å². The van der Waals surface area contributed by atoms with E-state index in [9.17, 15) is 18.0 Å². The van der Waals surface area contributed by atoms with Crippen molar-refractivity contribution in [2.75, 3.05) is 0 Å². The SMILES string of the molecule is O=C(C=Cc1ccccc1)NCc1cccc(C(F)(F)F)c1. The van der Waals surface area contributed by atoms with Gasteiger partial charge in [-0.25, -0.2) is 0 Å². The van der Waals surface area contributed by atoms with Gasteiger partial charge in [0, 0.05) is 12.6 Å². The molecule has 0 radical (unpaired) electrons. The van der Waals surface area contributed by atoms with E-state index in [1.165, 1.54) is 18.2 Å². The molecular weight excluding hydrogens is 291 g/mol. The molecule has 0 saturated carbocycles. The van der Waals surface area contributed by atoms with Gasteiger partial charge in [-0.2, -0.15) is 13.2 Å². The molecule has 0 saturated heterocycles. The number of hydrogen-bond acceptors (Lipinski definition) is 1. The Bertz CT molecular complexity index is 663. The van der Waals surface area contributed by atoms with E-state index in [0.29, 0.717) is 5.56 Å². The molecule has 2 rings (SSSR count). The predicted molar refractivity (Wildman–Crippen MR) is 78.8 cm³/mol. The molecule has 0 aromatic heterocycles. The fourth-order valence-electron chi connectivity index (χ4n) is 1.84. The molecule has 114 valence electrons. The van der Waals surface area contributed by atoms with Crippen molar-refractivity contribution in [1.82, 2.24) is 5.32 Å². The summed E-state index contributed by atoms with van der Waals surface area (Å²) >= 11 is 0. The van der Waals surface area contributed by atoms with Crippen molar-refractivity contribution in [3.8, 4) is 0 Å². The molecule has 0 fully saturated rings. The highest BCUT2D eigenvalue weighted by atomic mass is 19.4. The van der Waals surface area contributed by atoms with Crippen molar-refractivity contribution >= 4 is 12.0 Å². The lowest BCUT2D eigenvalue weighted by Gasteiger charge is -2.08. The van der Waals surface area contributed by atoms with Crippen LogP contribution in [0.2, 0.25) is 0 Å². The van der Waals surface area contributed by atoms with Crippen LogP contribution in [0.1, 0.15) is 16.7 Å². The summed E-state index contributed by atoms with van der Waals surface area (Å²) in [5.74, 6) is -0.360. The van der Waals surface area contributed by atoms with Crippen LogP contribution in [0.4, 0.5) is 13.2 Å². The molecule has 0 heterocycles. The highest BCUT2D eigenvalue weighted by Gasteiger charge is 2.30. The lowest BCUT2D eigenvalue weighted by atomic mass is 10.1. The van der Waals surface area contributed by atoms with Gasteiger partial charge in [0.1, 0.15) is 0 Å². The van der Waals surface area contributed by atoms with Crippen LogP contribution in [0.15, 0.2) is 60.7 Å². The summed E-state index contributed by atoms with van der Waals surface area (Å²) in [4.78, 5) is 11.7. The average molecular weight is 305 g/mol. The number of rotatable bonds is 4. The first kappa shape index (κ1) is 15.8. The van der Waals surface area contributed by atoms with Crippen LogP contribution in [0.3, 0.4) is 0 Å². The minimum absolute atomic E-state index is 0.0435. The molecule has 5 heteroatoms. The first-order valence-electron chi connectivity index (χ1n) is 6.62. The van der Waals surface area contributed by atoms with Gasteiger partial charge >= 0.3 is 6.18 Å². The largest absolute Gasteiger partial charge is 0.416 e. The molecule has 0 spiro atoms. The molecule has 0 aliphatic heterocycles. The van der Waals surface area contributed by atoms with E-state index in [1.54, 1.807) is 6.08 Å². The third-order valence-electron chi connectivity index (χ3n) is 2.95. The van der Waals surface area contributed by atoms with E-state index < -0.39 is 11.7 Å². The Balaban J connectivity index is 1.93. The monoisotopic (exact) mass is 305 g/mol. The fraction of sp³-hybridized carbons (Fsp3) is 0.118. The van der Waals surface area contributed by atoms with Crippen molar-refractivity contribution in [3.63, 3.8) is 0 Å². The van der Waals surface area contributed by atoms with Crippen LogP contribution >= 0.6 is 0 Å². The van der Waals surface area contributed by atoms with Crippen LogP contribution in [-0.2, 0) is 17.5 Å². The topological polar surface area (TPSA) is 29.1 Å². The molecular formula is C17H14F3NO. The summed E-state index contributed by atoms with van der Waals surface area (Å²) in [5, 5.41) is 2.55. The number of halogens is 3. The highest BCUT2D eigenvalue weighted by molar-refractivity contribution is 5.91. The summed E-state index contributed by atoms with van der Waals surface area (Å²) in [6.07, 6.45) is -1.39.